The second-order valence-corrected chi connectivity index (χ2v) is 4.55. The number of amides is 1. The topological polar surface area (TPSA) is 41.6 Å². The van der Waals surface area contributed by atoms with Gasteiger partial charge in [-0.2, -0.15) is 0 Å². The summed E-state index contributed by atoms with van der Waals surface area (Å²) >= 11 is 0. The van der Waals surface area contributed by atoms with Crippen LogP contribution in [0, 0.1) is 5.92 Å². The zero-order valence-corrected chi connectivity index (χ0v) is 9.53. The van der Waals surface area contributed by atoms with E-state index in [1.165, 1.54) is 0 Å². The summed E-state index contributed by atoms with van der Waals surface area (Å²) in [6, 6.07) is 0.339. The van der Waals surface area contributed by atoms with Gasteiger partial charge in [0.15, 0.2) is 0 Å². The van der Waals surface area contributed by atoms with Gasteiger partial charge in [-0.15, -0.1) is 0 Å². The third kappa shape index (κ3) is 2.16. The van der Waals surface area contributed by atoms with Crippen LogP contribution in [-0.4, -0.2) is 42.8 Å². The van der Waals surface area contributed by atoms with Crippen LogP contribution in [-0.2, 0) is 9.53 Å². The maximum absolute atomic E-state index is 11.7. The van der Waals surface area contributed by atoms with Crippen LogP contribution in [0.1, 0.15) is 26.7 Å². The third-order valence-corrected chi connectivity index (χ3v) is 3.64. The Morgan fingerprint density at radius 3 is 2.67 bits per heavy atom. The number of carbonyl (C=O) groups excluding carboxylic acids is 1. The molecule has 0 saturated carbocycles. The zero-order valence-electron chi connectivity index (χ0n) is 9.53. The Morgan fingerprint density at radius 1 is 1.47 bits per heavy atom. The average molecular weight is 212 g/mol. The van der Waals surface area contributed by atoms with Gasteiger partial charge < -0.3 is 9.64 Å². The van der Waals surface area contributed by atoms with Crippen LogP contribution in [0.5, 0.6) is 0 Å². The highest BCUT2D eigenvalue weighted by Gasteiger charge is 2.35. The fraction of sp³-hybridized carbons (Fsp3) is 0.909. The predicted octanol–water partition coefficient (Wildman–Crippen LogP) is 0.579. The van der Waals surface area contributed by atoms with Gasteiger partial charge in [-0.3, -0.25) is 10.1 Å². The first kappa shape index (κ1) is 10.9. The third-order valence-electron chi connectivity index (χ3n) is 3.64. The summed E-state index contributed by atoms with van der Waals surface area (Å²) in [5.74, 6) is 0.839. The van der Waals surface area contributed by atoms with Crippen molar-refractivity contribution in [3.63, 3.8) is 0 Å². The maximum Gasteiger partial charge on any atom is 0.238 e. The number of rotatable bonds is 2. The molecular formula is C11H20N2O2. The number of carbonyl (C=O) groups is 1. The van der Waals surface area contributed by atoms with Crippen molar-refractivity contribution in [2.75, 3.05) is 19.8 Å². The van der Waals surface area contributed by atoms with E-state index >= 15 is 0 Å². The first-order chi connectivity index (χ1) is 7.20. The van der Waals surface area contributed by atoms with E-state index in [0.29, 0.717) is 18.5 Å². The normalized spacial score (nSPS) is 30.9. The molecular weight excluding hydrogens is 192 g/mol. The molecule has 0 aromatic heterocycles. The molecule has 2 atom stereocenters. The van der Waals surface area contributed by atoms with Gasteiger partial charge >= 0.3 is 0 Å². The Kier molecular flexibility index (Phi) is 3.26. The monoisotopic (exact) mass is 212 g/mol. The fourth-order valence-corrected chi connectivity index (χ4v) is 2.65. The lowest BCUT2D eigenvalue weighted by Crippen LogP contribution is -2.46. The van der Waals surface area contributed by atoms with Crippen LogP contribution < -0.4 is 5.32 Å². The lowest BCUT2D eigenvalue weighted by atomic mass is 9.91. The van der Waals surface area contributed by atoms with E-state index < -0.39 is 0 Å². The summed E-state index contributed by atoms with van der Waals surface area (Å²) in [6.45, 7) is 6.41. The molecule has 2 aliphatic rings. The molecule has 2 saturated heterocycles. The Labute approximate surface area is 91.0 Å². The van der Waals surface area contributed by atoms with Gasteiger partial charge in [-0.1, -0.05) is 0 Å². The highest BCUT2D eigenvalue weighted by Crippen LogP contribution is 2.24. The van der Waals surface area contributed by atoms with E-state index in [-0.39, 0.29) is 12.1 Å². The Hall–Kier alpha value is -0.610. The molecule has 1 amide bonds. The lowest BCUT2D eigenvalue weighted by molar-refractivity contribution is -0.131. The summed E-state index contributed by atoms with van der Waals surface area (Å²) in [6.07, 6.45) is 2.35. The quantitative estimate of drug-likeness (QED) is 0.728. The van der Waals surface area contributed by atoms with Crippen molar-refractivity contribution in [1.29, 1.82) is 0 Å². The van der Waals surface area contributed by atoms with Gasteiger partial charge in [-0.25, -0.2) is 0 Å². The van der Waals surface area contributed by atoms with Gasteiger partial charge in [0.05, 0.1) is 12.7 Å². The van der Waals surface area contributed by atoms with Crippen LogP contribution in [0.15, 0.2) is 0 Å². The van der Waals surface area contributed by atoms with Crippen molar-refractivity contribution in [3.8, 4) is 0 Å². The molecule has 1 N–H and O–H groups in total. The van der Waals surface area contributed by atoms with Crippen molar-refractivity contribution < 1.29 is 9.53 Å². The number of ether oxygens (including phenoxy) is 1. The van der Waals surface area contributed by atoms with E-state index in [1.54, 1.807) is 0 Å². The minimum atomic E-state index is 0.190. The van der Waals surface area contributed by atoms with Crippen molar-refractivity contribution in [2.24, 2.45) is 5.92 Å². The molecule has 15 heavy (non-hydrogen) atoms. The van der Waals surface area contributed by atoms with Gasteiger partial charge in [0, 0.05) is 19.3 Å². The van der Waals surface area contributed by atoms with Crippen molar-refractivity contribution in [3.05, 3.63) is 0 Å². The van der Waals surface area contributed by atoms with Gasteiger partial charge in [0.2, 0.25) is 5.91 Å². The molecule has 2 rings (SSSR count). The molecule has 86 valence electrons. The molecule has 0 aliphatic carbocycles. The molecule has 0 bridgehead atoms. The predicted molar refractivity (Wildman–Crippen MR) is 57.3 cm³/mol. The molecule has 0 aromatic carbocycles. The Morgan fingerprint density at radius 2 is 2.13 bits per heavy atom. The second-order valence-electron chi connectivity index (χ2n) is 4.55. The van der Waals surface area contributed by atoms with E-state index in [4.69, 9.17) is 4.74 Å². The summed E-state index contributed by atoms with van der Waals surface area (Å²) in [7, 11) is 0. The van der Waals surface area contributed by atoms with Crippen LogP contribution >= 0.6 is 0 Å². The molecule has 0 radical (unpaired) electrons. The van der Waals surface area contributed by atoms with E-state index in [2.05, 4.69) is 19.2 Å². The van der Waals surface area contributed by atoms with Crippen molar-refractivity contribution >= 4 is 5.91 Å². The fourth-order valence-electron chi connectivity index (χ4n) is 2.65. The van der Waals surface area contributed by atoms with Gasteiger partial charge in [0.1, 0.15) is 0 Å². The van der Waals surface area contributed by atoms with Crippen LogP contribution in [0.25, 0.3) is 0 Å². The van der Waals surface area contributed by atoms with Gasteiger partial charge in [-0.05, 0) is 32.6 Å². The van der Waals surface area contributed by atoms with Gasteiger partial charge in [0.25, 0.3) is 0 Å². The number of hydrogen-bond acceptors (Lipinski definition) is 3. The van der Waals surface area contributed by atoms with E-state index in [0.717, 1.165) is 26.1 Å². The van der Waals surface area contributed by atoms with E-state index in [1.807, 2.05) is 4.90 Å². The number of hydrogen-bond donors (Lipinski definition) is 1. The lowest BCUT2D eigenvalue weighted by Gasteiger charge is -2.36. The van der Waals surface area contributed by atoms with Crippen LogP contribution in [0.2, 0.25) is 0 Å². The highest BCUT2D eigenvalue weighted by atomic mass is 16.5. The molecule has 4 heteroatoms. The van der Waals surface area contributed by atoms with Crippen LogP contribution in [0.3, 0.4) is 0 Å². The first-order valence-corrected chi connectivity index (χ1v) is 5.82. The minimum absolute atomic E-state index is 0.190. The Balaban J connectivity index is 1.99. The smallest absolute Gasteiger partial charge is 0.238 e. The SMILES string of the molecule is CC1NCC(=O)N1C(C)C1CCOCC1. The highest BCUT2D eigenvalue weighted by molar-refractivity contribution is 5.80. The summed E-state index contributed by atoms with van der Waals surface area (Å²) in [5.41, 5.74) is 0. The summed E-state index contributed by atoms with van der Waals surface area (Å²) < 4.78 is 5.35. The first-order valence-electron chi connectivity index (χ1n) is 5.82. The standard InChI is InChI=1S/C11H20N2O2/c1-8(10-3-5-15-6-4-10)13-9(2)12-7-11(13)14/h8-10,12H,3-7H2,1-2H3. The zero-order chi connectivity index (χ0) is 10.8. The molecule has 0 spiro atoms. The Bertz CT molecular complexity index is 239. The largest absolute Gasteiger partial charge is 0.381 e. The molecule has 2 aliphatic heterocycles. The molecule has 0 aromatic rings. The molecule has 2 unspecified atom stereocenters. The van der Waals surface area contributed by atoms with Crippen molar-refractivity contribution in [1.82, 2.24) is 10.2 Å². The van der Waals surface area contributed by atoms with E-state index in [9.17, 15) is 4.79 Å². The molecule has 2 fully saturated rings. The summed E-state index contributed by atoms with van der Waals surface area (Å²) in [5, 5.41) is 3.18. The number of nitrogens with zero attached hydrogens (tertiary/aromatic N) is 1. The second kappa shape index (κ2) is 4.49. The minimum Gasteiger partial charge on any atom is -0.381 e. The molecule has 2 heterocycles. The molecule has 4 nitrogen and oxygen atoms in total. The average Bonchev–Trinajstić information content (AvgIpc) is 2.59. The van der Waals surface area contributed by atoms with Crippen molar-refractivity contribution in [2.45, 2.75) is 38.9 Å². The number of nitrogens with one attached hydrogen (secondary N) is 1. The maximum atomic E-state index is 11.7. The summed E-state index contributed by atoms with van der Waals surface area (Å²) in [4.78, 5) is 13.7. The van der Waals surface area contributed by atoms with Crippen LogP contribution in [0.4, 0.5) is 0 Å².